The first-order valence-electron chi connectivity index (χ1n) is 5.59. The minimum absolute atomic E-state index is 0.145. The Morgan fingerprint density at radius 3 is 2.89 bits per heavy atom. The highest BCUT2D eigenvalue weighted by molar-refractivity contribution is 6.35. The zero-order chi connectivity index (χ0) is 13.4. The number of carbonyl (C=O) groups excluding carboxylic acids is 1. The van der Waals surface area contributed by atoms with Crippen molar-refractivity contribution < 1.29 is 9.18 Å². The van der Waals surface area contributed by atoms with Crippen LogP contribution in [0.5, 0.6) is 0 Å². The summed E-state index contributed by atoms with van der Waals surface area (Å²) in [5.74, 6) is -0.936. The fourth-order valence-electron chi connectivity index (χ4n) is 1.97. The molecule has 94 valence electrons. The Hall–Kier alpha value is -2.20. The molecule has 0 unspecified atom stereocenters. The van der Waals surface area contributed by atoms with E-state index in [-0.39, 0.29) is 16.4 Å². The number of pyridine rings is 1. The average molecular weight is 275 g/mol. The Morgan fingerprint density at radius 2 is 2.05 bits per heavy atom. The molecular formula is C14H8ClFN2O. The highest BCUT2D eigenvalue weighted by Crippen LogP contribution is 2.25. The molecule has 0 amide bonds. The summed E-state index contributed by atoms with van der Waals surface area (Å²) < 4.78 is 13.4. The fourth-order valence-corrected chi connectivity index (χ4v) is 2.18. The van der Waals surface area contributed by atoms with Gasteiger partial charge in [0.05, 0.1) is 5.02 Å². The Labute approximate surface area is 113 Å². The molecule has 0 bridgehead atoms. The van der Waals surface area contributed by atoms with Crippen molar-refractivity contribution >= 4 is 28.4 Å². The summed E-state index contributed by atoms with van der Waals surface area (Å²) in [6, 6.07) is 7.69. The molecule has 0 saturated carbocycles. The first kappa shape index (κ1) is 11.9. The van der Waals surface area contributed by atoms with E-state index in [9.17, 15) is 9.18 Å². The van der Waals surface area contributed by atoms with Crippen molar-refractivity contribution in [1.82, 2.24) is 9.97 Å². The quantitative estimate of drug-likeness (QED) is 0.726. The van der Waals surface area contributed by atoms with Gasteiger partial charge in [-0.15, -0.1) is 0 Å². The van der Waals surface area contributed by atoms with Crippen molar-refractivity contribution in [1.29, 1.82) is 0 Å². The van der Waals surface area contributed by atoms with Crippen LogP contribution >= 0.6 is 11.6 Å². The van der Waals surface area contributed by atoms with Crippen molar-refractivity contribution in [2.24, 2.45) is 0 Å². The number of hydrogen-bond acceptors (Lipinski definition) is 2. The smallest absolute Gasteiger partial charge is 0.196 e. The second-order valence-electron chi connectivity index (χ2n) is 4.03. The number of aromatic nitrogens is 2. The summed E-state index contributed by atoms with van der Waals surface area (Å²) in [6.07, 6.45) is 3.18. The van der Waals surface area contributed by atoms with Gasteiger partial charge in [0.25, 0.3) is 0 Å². The van der Waals surface area contributed by atoms with Gasteiger partial charge in [0.2, 0.25) is 0 Å². The molecule has 3 rings (SSSR count). The second-order valence-corrected chi connectivity index (χ2v) is 4.41. The zero-order valence-electron chi connectivity index (χ0n) is 9.65. The lowest BCUT2D eigenvalue weighted by atomic mass is 10.0. The summed E-state index contributed by atoms with van der Waals surface area (Å²) >= 11 is 5.83. The fraction of sp³-hybridized carbons (Fsp3) is 0. The molecule has 0 atom stereocenters. The topological polar surface area (TPSA) is 45.8 Å². The van der Waals surface area contributed by atoms with Crippen molar-refractivity contribution in [3.8, 4) is 0 Å². The number of nitrogens with one attached hydrogen (secondary N) is 1. The van der Waals surface area contributed by atoms with Crippen LogP contribution in [-0.4, -0.2) is 15.8 Å². The summed E-state index contributed by atoms with van der Waals surface area (Å²) in [5, 5.41) is 0.526. The molecule has 0 spiro atoms. The maximum absolute atomic E-state index is 13.4. The molecule has 0 radical (unpaired) electrons. The van der Waals surface area contributed by atoms with Crippen LogP contribution in [0.15, 0.2) is 42.7 Å². The lowest BCUT2D eigenvalue weighted by molar-refractivity contribution is 0.104. The van der Waals surface area contributed by atoms with Gasteiger partial charge < -0.3 is 4.98 Å². The molecule has 0 aliphatic carbocycles. The van der Waals surface area contributed by atoms with E-state index < -0.39 is 5.82 Å². The van der Waals surface area contributed by atoms with Crippen LogP contribution in [0.4, 0.5) is 4.39 Å². The number of ketones is 1. The number of fused-ring (bicyclic) bond motifs is 1. The lowest BCUT2D eigenvalue weighted by Crippen LogP contribution is -2.02. The van der Waals surface area contributed by atoms with Gasteiger partial charge in [-0.1, -0.05) is 17.7 Å². The van der Waals surface area contributed by atoms with E-state index >= 15 is 0 Å². The van der Waals surface area contributed by atoms with E-state index in [4.69, 9.17) is 11.6 Å². The van der Waals surface area contributed by atoms with Crippen LogP contribution in [-0.2, 0) is 0 Å². The highest BCUT2D eigenvalue weighted by atomic mass is 35.5. The average Bonchev–Trinajstić information content (AvgIpc) is 2.85. The predicted molar refractivity (Wildman–Crippen MR) is 70.9 cm³/mol. The summed E-state index contributed by atoms with van der Waals surface area (Å²) in [4.78, 5) is 19.4. The number of H-pyrrole nitrogens is 1. The Kier molecular flexibility index (Phi) is 2.80. The molecule has 0 aliphatic heterocycles. The van der Waals surface area contributed by atoms with E-state index in [1.807, 2.05) is 0 Å². The van der Waals surface area contributed by atoms with Crippen molar-refractivity contribution in [2.75, 3.05) is 0 Å². The first-order chi connectivity index (χ1) is 9.18. The summed E-state index contributed by atoms with van der Waals surface area (Å²) in [7, 11) is 0. The van der Waals surface area contributed by atoms with Gasteiger partial charge in [0, 0.05) is 28.9 Å². The minimum Gasteiger partial charge on any atom is -0.345 e. The zero-order valence-corrected chi connectivity index (χ0v) is 10.4. The third kappa shape index (κ3) is 1.90. The molecule has 0 fully saturated rings. The number of hydrogen-bond donors (Lipinski definition) is 1. The maximum atomic E-state index is 13.4. The van der Waals surface area contributed by atoms with Crippen LogP contribution in [0.25, 0.3) is 11.0 Å². The molecule has 3 aromatic rings. The Bertz CT molecular complexity index is 782. The molecule has 0 aliphatic rings. The van der Waals surface area contributed by atoms with E-state index in [2.05, 4.69) is 9.97 Å². The van der Waals surface area contributed by atoms with Gasteiger partial charge in [-0.05, 0) is 24.3 Å². The monoisotopic (exact) mass is 274 g/mol. The van der Waals surface area contributed by atoms with Crippen LogP contribution in [0.3, 0.4) is 0 Å². The predicted octanol–water partition coefficient (Wildman–Crippen LogP) is 3.59. The number of nitrogens with zero attached hydrogens (tertiary/aromatic N) is 1. The molecule has 2 heterocycles. The molecule has 1 N–H and O–H groups in total. The van der Waals surface area contributed by atoms with Crippen LogP contribution in [0.1, 0.15) is 15.9 Å². The number of benzene rings is 1. The van der Waals surface area contributed by atoms with Crippen molar-refractivity contribution in [3.63, 3.8) is 0 Å². The molecule has 0 saturated heterocycles. The number of aromatic amines is 1. The third-order valence-corrected chi connectivity index (χ3v) is 3.28. The minimum atomic E-state index is -0.606. The van der Waals surface area contributed by atoms with Gasteiger partial charge >= 0.3 is 0 Å². The van der Waals surface area contributed by atoms with E-state index in [0.717, 1.165) is 0 Å². The molecule has 5 heteroatoms. The standard InChI is InChI=1S/C14H8ClFN2O/c15-12-9(3-1-5-11(12)16)13(19)10-7-18-14-8(10)4-2-6-17-14/h1-7H,(H,17,18). The third-order valence-electron chi connectivity index (χ3n) is 2.89. The SMILES string of the molecule is O=C(c1cccc(F)c1Cl)c1c[nH]c2ncccc12. The van der Waals surface area contributed by atoms with E-state index in [1.165, 1.54) is 18.2 Å². The van der Waals surface area contributed by atoms with Crippen LogP contribution in [0.2, 0.25) is 5.02 Å². The van der Waals surface area contributed by atoms with Crippen LogP contribution < -0.4 is 0 Å². The van der Waals surface area contributed by atoms with Crippen molar-refractivity contribution in [2.45, 2.75) is 0 Å². The first-order valence-corrected chi connectivity index (χ1v) is 5.97. The Balaban J connectivity index is 2.17. The summed E-state index contributed by atoms with van der Waals surface area (Å²) in [6.45, 7) is 0. The van der Waals surface area contributed by atoms with E-state index in [1.54, 1.807) is 24.5 Å². The van der Waals surface area contributed by atoms with Crippen LogP contribution in [0, 0.1) is 5.82 Å². The number of carbonyl (C=O) groups is 1. The number of halogens is 2. The molecule has 2 aromatic heterocycles. The van der Waals surface area contributed by atoms with Gasteiger partial charge in [0.1, 0.15) is 11.5 Å². The molecule has 3 nitrogen and oxygen atoms in total. The van der Waals surface area contributed by atoms with Crippen molar-refractivity contribution in [3.05, 3.63) is 64.7 Å². The number of rotatable bonds is 2. The lowest BCUT2D eigenvalue weighted by Gasteiger charge is -2.03. The maximum Gasteiger partial charge on any atom is 0.196 e. The second kappa shape index (κ2) is 4.48. The largest absolute Gasteiger partial charge is 0.345 e. The van der Waals surface area contributed by atoms with Gasteiger partial charge in [0.15, 0.2) is 5.78 Å². The van der Waals surface area contributed by atoms with Gasteiger partial charge in [-0.2, -0.15) is 0 Å². The molecule has 19 heavy (non-hydrogen) atoms. The highest BCUT2D eigenvalue weighted by Gasteiger charge is 2.18. The normalized spacial score (nSPS) is 10.8. The Morgan fingerprint density at radius 1 is 1.21 bits per heavy atom. The summed E-state index contributed by atoms with van der Waals surface area (Å²) in [5.41, 5.74) is 1.18. The molecular weight excluding hydrogens is 267 g/mol. The molecule has 1 aromatic carbocycles. The van der Waals surface area contributed by atoms with Gasteiger partial charge in [-0.3, -0.25) is 4.79 Å². The van der Waals surface area contributed by atoms with Gasteiger partial charge in [-0.25, -0.2) is 9.37 Å². The van der Waals surface area contributed by atoms with E-state index in [0.29, 0.717) is 16.6 Å².